The summed E-state index contributed by atoms with van der Waals surface area (Å²) in [6.07, 6.45) is 1.49. The van der Waals surface area contributed by atoms with Crippen LogP contribution in [0.2, 0.25) is 0 Å². The molecule has 1 aromatic rings. The maximum absolute atomic E-state index is 13.7. The predicted molar refractivity (Wildman–Crippen MR) is 74.8 cm³/mol. The number of nitro groups is 1. The van der Waals surface area contributed by atoms with E-state index < -0.39 is 22.2 Å². The van der Waals surface area contributed by atoms with Gasteiger partial charge in [0.2, 0.25) is 5.82 Å². The third kappa shape index (κ3) is 3.68. The Balaban J connectivity index is 2.12. The molecule has 0 bridgehead atoms. The van der Waals surface area contributed by atoms with E-state index in [1.807, 2.05) is 0 Å². The highest BCUT2D eigenvalue weighted by atomic mass is 79.9. The summed E-state index contributed by atoms with van der Waals surface area (Å²) in [6.45, 7) is 1.37. The lowest BCUT2D eigenvalue weighted by molar-refractivity contribution is -0.387. The molecule has 0 spiro atoms. The summed E-state index contributed by atoms with van der Waals surface area (Å²) in [7, 11) is 0. The smallest absolute Gasteiger partial charge is 0.307 e. The average molecular weight is 366 g/mol. The molecule has 2 rings (SSSR count). The van der Waals surface area contributed by atoms with Gasteiger partial charge in [0.05, 0.1) is 17.6 Å². The minimum absolute atomic E-state index is 0.190. The van der Waals surface area contributed by atoms with Gasteiger partial charge in [0.1, 0.15) is 0 Å². The molecule has 1 aliphatic heterocycles. The van der Waals surface area contributed by atoms with Crippen LogP contribution in [0.5, 0.6) is 5.75 Å². The second kappa shape index (κ2) is 6.65. The first kappa shape index (κ1) is 16.1. The SMILES string of the molecule is O=[N+]([O-])c1cc(F)c(OCC2(CBr)CCOCC2)cc1F. The molecular formula is C13H14BrF2NO4. The van der Waals surface area contributed by atoms with Crippen molar-refractivity contribution in [2.24, 2.45) is 5.41 Å². The monoisotopic (exact) mass is 365 g/mol. The van der Waals surface area contributed by atoms with E-state index in [2.05, 4.69) is 15.9 Å². The van der Waals surface area contributed by atoms with Crippen LogP contribution in [0.25, 0.3) is 0 Å². The first-order chi connectivity index (χ1) is 9.97. The van der Waals surface area contributed by atoms with Crippen LogP contribution in [0.1, 0.15) is 12.8 Å². The van der Waals surface area contributed by atoms with Crippen LogP contribution in [-0.4, -0.2) is 30.1 Å². The second-order valence-electron chi connectivity index (χ2n) is 5.03. The van der Waals surface area contributed by atoms with E-state index in [1.165, 1.54) is 0 Å². The molecule has 1 fully saturated rings. The molecule has 0 saturated carbocycles. The lowest BCUT2D eigenvalue weighted by Gasteiger charge is -2.35. The largest absolute Gasteiger partial charge is 0.490 e. The summed E-state index contributed by atoms with van der Waals surface area (Å²) in [5, 5.41) is 11.2. The van der Waals surface area contributed by atoms with E-state index in [1.54, 1.807) is 0 Å². The third-order valence-electron chi connectivity index (χ3n) is 3.57. The summed E-state index contributed by atoms with van der Waals surface area (Å²) in [6, 6.07) is 1.25. The van der Waals surface area contributed by atoms with Crippen LogP contribution in [0.4, 0.5) is 14.5 Å². The van der Waals surface area contributed by atoms with Gasteiger partial charge in [-0.05, 0) is 12.8 Å². The van der Waals surface area contributed by atoms with E-state index in [0.717, 1.165) is 12.8 Å². The number of hydrogen-bond donors (Lipinski definition) is 0. The molecule has 0 amide bonds. The van der Waals surface area contributed by atoms with Crippen LogP contribution >= 0.6 is 15.9 Å². The number of ether oxygens (including phenoxy) is 2. The maximum Gasteiger partial charge on any atom is 0.307 e. The lowest BCUT2D eigenvalue weighted by Crippen LogP contribution is -2.36. The number of nitro benzene ring substituents is 1. The van der Waals surface area contributed by atoms with Crippen molar-refractivity contribution in [2.45, 2.75) is 12.8 Å². The molecule has 0 aromatic heterocycles. The Morgan fingerprint density at radius 2 is 2.00 bits per heavy atom. The predicted octanol–water partition coefficient (Wildman–Crippen LogP) is 3.44. The van der Waals surface area contributed by atoms with E-state index in [0.29, 0.717) is 30.7 Å². The highest BCUT2D eigenvalue weighted by Crippen LogP contribution is 2.34. The standard InChI is InChI=1S/C13H14BrF2NO4/c14-7-13(1-3-20-4-2-13)8-21-12-6-9(15)11(17(18)19)5-10(12)16/h5-6H,1-4,7-8H2. The number of nitrogens with zero attached hydrogens (tertiary/aromatic N) is 1. The maximum atomic E-state index is 13.7. The highest BCUT2D eigenvalue weighted by molar-refractivity contribution is 9.09. The van der Waals surface area contributed by atoms with Crippen molar-refractivity contribution in [1.29, 1.82) is 0 Å². The van der Waals surface area contributed by atoms with Gasteiger partial charge in [-0.1, -0.05) is 15.9 Å². The summed E-state index contributed by atoms with van der Waals surface area (Å²) in [5.41, 5.74) is -1.11. The quantitative estimate of drug-likeness (QED) is 0.455. The molecular weight excluding hydrogens is 352 g/mol. The van der Waals surface area contributed by atoms with E-state index in [-0.39, 0.29) is 17.8 Å². The molecule has 21 heavy (non-hydrogen) atoms. The Morgan fingerprint density at radius 1 is 1.33 bits per heavy atom. The van der Waals surface area contributed by atoms with E-state index in [9.17, 15) is 18.9 Å². The van der Waals surface area contributed by atoms with Crippen molar-refractivity contribution in [3.8, 4) is 5.75 Å². The molecule has 0 atom stereocenters. The Kier molecular flexibility index (Phi) is 5.10. The summed E-state index contributed by atoms with van der Waals surface area (Å²) < 4.78 is 37.9. The molecule has 1 saturated heterocycles. The second-order valence-corrected chi connectivity index (χ2v) is 5.59. The Hall–Kier alpha value is -1.28. The number of benzene rings is 1. The van der Waals surface area contributed by atoms with Gasteiger partial charge in [-0.15, -0.1) is 0 Å². The lowest BCUT2D eigenvalue weighted by atomic mass is 9.83. The first-order valence-electron chi connectivity index (χ1n) is 6.37. The summed E-state index contributed by atoms with van der Waals surface area (Å²) in [5.74, 6) is -2.37. The van der Waals surface area contributed by atoms with Crippen molar-refractivity contribution in [1.82, 2.24) is 0 Å². The van der Waals surface area contributed by atoms with Crippen LogP contribution < -0.4 is 4.74 Å². The van der Waals surface area contributed by atoms with Crippen molar-refractivity contribution in [2.75, 3.05) is 25.2 Å². The van der Waals surface area contributed by atoms with Crippen molar-refractivity contribution < 1.29 is 23.2 Å². The molecule has 0 unspecified atom stereocenters. The van der Waals surface area contributed by atoms with Gasteiger partial charge in [0.15, 0.2) is 11.6 Å². The number of halogens is 3. The third-order valence-corrected chi connectivity index (χ3v) is 4.76. The topological polar surface area (TPSA) is 61.6 Å². The van der Waals surface area contributed by atoms with Crippen molar-refractivity contribution in [3.63, 3.8) is 0 Å². The fourth-order valence-corrected chi connectivity index (χ4v) is 2.84. The molecule has 0 aliphatic carbocycles. The highest BCUT2D eigenvalue weighted by Gasteiger charge is 2.33. The first-order valence-corrected chi connectivity index (χ1v) is 7.49. The zero-order valence-electron chi connectivity index (χ0n) is 11.1. The van der Waals surface area contributed by atoms with Gasteiger partial charge >= 0.3 is 5.69 Å². The number of rotatable bonds is 5. The zero-order valence-corrected chi connectivity index (χ0v) is 12.7. The van der Waals surface area contributed by atoms with Gasteiger partial charge in [-0.25, -0.2) is 4.39 Å². The molecule has 0 N–H and O–H groups in total. The van der Waals surface area contributed by atoms with Crippen molar-refractivity contribution >= 4 is 21.6 Å². The minimum atomic E-state index is -1.11. The average Bonchev–Trinajstić information content (AvgIpc) is 2.48. The Morgan fingerprint density at radius 3 is 2.57 bits per heavy atom. The van der Waals surface area contributed by atoms with Gasteiger partial charge in [0, 0.05) is 30.0 Å². The molecule has 1 aliphatic rings. The normalized spacial score (nSPS) is 17.5. The van der Waals surface area contributed by atoms with Crippen LogP contribution in [0, 0.1) is 27.2 Å². The van der Waals surface area contributed by atoms with Gasteiger partial charge in [-0.3, -0.25) is 10.1 Å². The Bertz CT molecular complexity index is 535. The summed E-state index contributed by atoms with van der Waals surface area (Å²) >= 11 is 3.41. The van der Waals surface area contributed by atoms with E-state index >= 15 is 0 Å². The van der Waals surface area contributed by atoms with E-state index in [4.69, 9.17) is 9.47 Å². The molecule has 116 valence electrons. The number of alkyl halides is 1. The zero-order chi connectivity index (χ0) is 15.5. The molecule has 5 nitrogen and oxygen atoms in total. The van der Waals surface area contributed by atoms with Gasteiger partial charge in [-0.2, -0.15) is 4.39 Å². The van der Waals surface area contributed by atoms with Crippen molar-refractivity contribution in [3.05, 3.63) is 33.9 Å². The molecule has 0 radical (unpaired) electrons. The minimum Gasteiger partial charge on any atom is -0.490 e. The molecule has 8 heteroatoms. The van der Waals surface area contributed by atoms with Crippen LogP contribution in [0.15, 0.2) is 12.1 Å². The fraction of sp³-hybridized carbons (Fsp3) is 0.538. The molecule has 1 heterocycles. The Labute approximate surface area is 128 Å². The fourth-order valence-electron chi connectivity index (χ4n) is 2.12. The number of hydrogen-bond acceptors (Lipinski definition) is 4. The van der Waals surface area contributed by atoms with Crippen LogP contribution in [-0.2, 0) is 4.74 Å². The summed E-state index contributed by atoms with van der Waals surface area (Å²) in [4.78, 5) is 9.55. The molecule has 1 aromatic carbocycles. The van der Waals surface area contributed by atoms with Gasteiger partial charge < -0.3 is 9.47 Å². The van der Waals surface area contributed by atoms with Crippen LogP contribution in [0.3, 0.4) is 0 Å². The van der Waals surface area contributed by atoms with Gasteiger partial charge in [0.25, 0.3) is 0 Å².